The molecule has 2 aliphatic rings. The number of ether oxygens (including phenoxy) is 1. The smallest absolute Gasteiger partial charge is 0.222 e. The van der Waals surface area contributed by atoms with Gasteiger partial charge in [0.2, 0.25) is 5.91 Å². The second-order valence-corrected chi connectivity index (χ2v) is 12.1. The average Bonchev–Trinajstić information content (AvgIpc) is 2.89. The van der Waals surface area contributed by atoms with Gasteiger partial charge >= 0.3 is 0 Å². The Balaban J connectivity index is 1.65. The van der Waals surface area contributed by atoms with Crippen LogP contribution in [0.3, 0.4) is 0 Å². The molecule has 1 aromatic carbocycles. The Morgan fingerprint density at radius 2 is 2.00 bits per heavy atom. The molecule has 2 N–H and O–H groups in total. The number of hydrogen-bond acceptors (Lipinski definition) is 5. The maximum absolute atomic E-state index is 13.4. The molecule has 1 saturated heterocycles. The van der Waals surface area contributed by atoms with Crippen molar-refractivity contribution >= 4 is 17.5 Å². The number of carbonyl (C=O) groups is 1. The normalized spacial score (nSPS) is 22.6. The molecule has 0 spiro atoms. The Labute approximate surface area is 229 Å². The molecule has 1 heterocycles. The van der Waals surface area contributed by atoms with Crippen LogP contribution in [-0.2, 0) is 15.1 Å². The Kier molecular flexibility index (Phi) is 11.7. The van der Waals surface area contributed by atoms with Crippen LogP contribution in [0.1, 0.15) is 89.0 Å². The summed E-state index contributed by atoms with van der Waals surface area (Å²) in [6.07, 6.45) is 11.2. The topological polar surface area (TPSA) is 73.2 Å². The molecular weight excluding hydrogens is 488 g/mol. The summed E-state index contributed by atoms with van der Waals surface area (Å²) in [5.74, 6) is 0.110. The fourth-order valence-electron chi connectivity index (χ4n) is 6.42. The maximum Gasteiger partial charge on any atom is 0.222 e. The van der Waals surface area contributed by atoms with E-state index in [9.17, 15) is 15.0 Å². The molecule has 0 bridgehead atoms. The SMILES string of the molecule is COCCCC[C@@](O)(c1cccc(Cl)c1)[C@@H]1CCCN(C(=O)CCC(CC2(O)CCCCC2)N(C)C)C1. The van der Waals surface area contributed by atoms with E-state index in [1.807, 2.05) is 43.3 Å². The van der Waals surface area contributed by atoms with Gasteiger partial charge in [0.15, 0.2) is 0 Å². The van der Waals surface area contributed by atoms with E-state index in [0.29, 0.717) is 31.0 Å². The number of aliphatic hydroxyl groups is 2. The van der Waals surface area contributed by atoms with Gasteiger partial charge in [-0.2, -0.15) is 0 Å². The van der Waals surface area contributed by atoms with Gasteiger partial charge < -0.3 is 24.7 Å². The number of methoxy groups -OCH3 is 1. The first-order valence-electron chi connectivity index (χ1n) is 14.3. The summed E-state index contributed by atoms with van der Waals surface area (Å²) in [4.78, 5) is 17.5. The van der Waals surface area contributed by atoms with Gasteiger partial charge in [-0.3, -0.25) is 4.79 Å². The molecule has 3 atom stereocenters. The maximum atomic E-state index is 13.4. The summed E-state index contributed by atoms with van der Waals surface area (Å²) in [5.41, 5.74) is -0.790. The van der Waals surface area contributed by atoms with Crippen LogP contribution in [0, 0.1) is 5.92 Å². The highest BCUT2D eigenvalue weighted by molar-refractivity contribution is 6.30. The van der Waals surface area contributed by atoms with Gasteiger partial charge in [0, 0.05) is 50.2 Å². The molecule has 1 saturated carbocycles. The summed E-state index contributed by atoms with van der Waals surface area (Å²) >= 11 is 6.31. The van der Waals surface area contributed by atoms with Crippen molar-refractivity contribution in [2.75, 3.05) is 40.9 Å². The number of halogens is 1. The van der Waals surface area contributed by atoms with E-state index in [2.05, 4.69) is 4.90 Å². The van der Waals surface area contributed by atoms with Gasteiger partial charge in [0.05, 0.1) is 11.2 Å². The lowest BCUT2D eigenvalue weighted by molar-refractivity contribution is -0.137. The molecule has 210 valence electrons. The van der Waals surface area contributed by atoms with Crippen LogP contribution < -0.4 is 0 Å². The minimum absolute atomic E-state index is 0.0428. The van der Waals surface area contributed by atoms with Crippen molar-refractivity contribution < 1.29 is 19.7 Å². The summed E-state index contributed by atoms with van der Waals surface area (Å²) in [5, 5.41) is 23.8. The number of hydrogen-bond donors (Lipinski definition) is 2. The number of carbonyl (C=O) groups excluding carboxylic acids is 1. The van der Waals surface area contributed by atoms with Crippen molar-refractivity contribution in [3.63, 3.8) is 0 Å². The number of rotatable bonds is 13. The van der Waals surface area contributed by atoms with Gasteiger partial charge in [-0.15, -0.1) is 0 Å². The number of piperidine rings is 1. The molecule has 6 nitrogen and oxygen atoms in total. The van der Waals surface area contributed by atoms with Crippen LogP contribution in [0.5, 0.6) is 0 Å². The number of nitrogens with zero attached hydrogens (tertiary/aromatic N) is 2. The van der Waals surface area contributed by atoms with E-state index in [-0.39, 0.29) is 17.9 Å². The lowest BCUT2D eigenvalue weighted by Crippen LogP contribution is -2.48. The number of unbranched alkanes of at least 4 members (excludes halogenated alkanes) is 1. The molecule has 7 heteroatoms. The Hall–Kier alpha value is -1.18. The summed E-state index contributed by atoms with van der Waals surface area (Å²) in [6.45, 7) is 1.97. The highest BCUT2D eigenvalue weighted by Gasteiger charge is 2.41. The second-order valence-electron chi connectivity index (χ2n) is 11.7. The molecule has 1 aromatic rings. The van der Waals surface area contributed by atoms with Crippen LogP contribution in [-0.4, -0.2) is 78.5 Å². The Morgan fingerprint density at radius 1 is 1.24 bits per heavy atom. The molecule has 3 rings (SSSR count). The largest absolute Gasteiger partial charge is 0.390 e. The summed E-state index contributed by atoms with van der Waals surface area (Å²) in [7, 11) is 5.80. The summed E-state index contributed by atoms with van der Waals surface area (Å²) in [6, 6.07) is 7.73. The fraction of sp³-hybridized carbons (Fsp3) is 0.767. The standard InChI is InChI=1S/C30H49ClN2O4/c1-32(2)27(22-29(35)16-5-4-6-17-29)14-15-28(34)33-19-10-12-25(23-33)30(36,18-7-8-20-37-3)24-11-9-13-26(31)21-24/h9,11,13,21,25,27,35-36H,4-8,10,12,14-20,22-23H2,1-3H3/t25-,27?,30-/m1/s1. The van der Waals surface area contributed by atoms with E-state index in [1.54, 1.807) is 7.11 Å². The molecule has 1 aliphatic carbocycles. The van der Waals surface area contributed by atoms with Crippen molar-refractivity contribution in [2.45, 2.75) is 101 Å². The first-order chi connectivity index (χ1) is 17.7. The molecule has 1 unspecified atom stereocenters. The number of benzene rings is 1. The average molecular weight is 537 g/mol. The lowest BCUT2D eigenvalue weighted by Gasteiger charge is -2.43. The predicted molar refractivity (Wildman–Crippen MR) is 150 cm³/mol. The predicted octanol–water partition coefficient (Wildman–Crippen LogP) is 5.38. The van der Waals surface area contributed by atoms with Gasteiger partial charge in [-0.1, -0.05) is 43.0 Å². The monoisotopic (exact) mass is 536 g/mol. The molecule has 1 aliphatic heterocycles. The third-order valence-corrected chi connectivity index (χ3v) is 8.99. The Morgan fingerprint density at radius 3 is 2.68 bits per heavy atom. The summed E-state index contributed by atoms with van der Waals surface area (Å²) < 4.78 is 5.22. The zero-order valence-corrected chi connectivity index (χ0v) is 24.0. The Bertz CT molecular complexity index is 845. The zero-order chi connectivity index (χ0) is 26.9. The van der Waals surface area contributed by atoms with Gasteiger partial charge in [-0.25, -0.2) is 0 Å². The fourth-order valence-corrected chi connectivity index (χ4v) is 6.61. The highest BCUT2D eigenvalue weighted by Crippen LogP contribution is 2.41. The van der Waals surface area contributed by atoms with Gasteiger partial charge in [0.25, 0.3) is 0 Å². The highest BCUT2D eigenvalue weighted by atomic mass is 35.5. The number of likely N-dealkylation sites (tertiary alicyclic amines) is 1. The van der Waals surface area contributed by atoms with E-state index in [4.69, 9.17) is 16.3 Å². The quantitative estimate of drug-likeness (QED) is 0.331. The van der Waals surface area contributed by atoms with Crippen LogP contribution >= 0.6 is 11.6 Å². The molecule has 0 radical (unpaired) electrons. The molecule has 1 amide bonds. The van der Waals surface area contributed by atoms with Crippen molar-refractivity contribution in [1.29, 1.82) is 0 Å². The third kappa shape index (κ3) is 8.66. The van der Waals surface area contributed by atoms with E-state index in [0.717, 1.165) is 76.3 Å². The van der Waals surface area contributed by atoms with Crippen LogP contribution in [0.15, 0.2) is 24.3 Å². The van der Waals surface area contributed by atoms with Crippen molar-refractivity contribution in [3.8, 4) is 0 Å². The zero-order valence-electron chi connectivity index (χ0n) is 23.3. The van der Waals surface area contributed by atoms with E-state index < -0.39 is 11.2 Å². The van der Waals surface area contributed by atoms with Crippen molar-refractivity contribution in [2.24, 2.45) is 5.92 Å². The van der Waals surface area contributed by atoms with E-state index in [1.165, 1.54) is 6.42 Å². The van der Waals surface area contributed by atoms with Crippen molar-refractivity contribution in [3.05, 3.63) is 34.9 Å². The minimum Gasteiger partial charge on any atom is -0.390 e. The lowest BCUT2D eigenvalue weighted by atomic mass is 9.74. The van der Waals surface area contributed by atoms with Crippen LogP contribution in [0.25, 0.3) is 0 Å². The molecular formula is C30H49ClN2O4. The first-order valence-corrected chi connectivity index (χ1v) is 14.7. The second kappa shape index (κ2) is 14.3. The van der Waals surface area contributed by atoms with Crippen LogP contribution in [0.2, 0.25) is 5.02 Å². The van der Waals surface area contributed by atoms with E-state index >= 15 is 0 Å². The molecule has 2 fully saturated rings. The molecule has 0 aromatic heterocycles. The van der Waals surface area contributed by atoms with Gasteiger partial charge in [0.1, 0.15) is 0 Å². The minimum atomic E-state index is -1.03. The van der Waals surface area contributed by atoms with Crippen LogP contribution in [0.4, 0.5) is 0 Å². The van der Waals surface area contributed by atoms with Gasteiger partial charge in [-0.05, 0) is 89.6 Å². The molecule has 37 heavy (non-hydrogen) atoms. The third-order valence-electron chi connectivity index (χ3n) is 8.75. The van der Waals surface area contributed by atoms with Crippen molar-refractivity contribution in [1.82, 2.24) is 9.80 Å². The first kappa shape index (κ1) is 30.4. The number of amides is 1.